The summed E-state index contributed by atoms with van der Waals surface area (Å²) in [5.41, 5.74) is 2.10. The Morgan fingerprint density at radius 1 is 1.41 bits per heavy atom. The van der Waals surface area contributed by atoms with Crippen molar-refractivity contribution >= 4 is 11.6 Å². The monoisotopic (exact) mass is 232 g/mol. The quantitative estimate of drug-likeness (QED) is 0.868. The zero-order chi connectivity index (χ0) is 12.3. The first kappa shape index (κ1) is 12.1. The van der Waals surface area contributed by atoms with Crippen LogP contribution in [0.15, 0.2) is 24.3 Å². The lowest BCUT2D eigenvalue weighted by Gasteiger charge is -2.18. The molecule has 1 aliphatic rings. The number of nitrogens with zero attached hydrogens (tertiary/aromatic N) is 1. The van der Waals surface area contributed by atoms with E-state index in [-0.39, 0.29) is 5.91 Å². The van der Waals surface area contributed by atoms with Gasteiger partial charge in [0.15, 0.2) is 0 Å². The van der Waals surface area contributed by atoms with Crippen LogP contribution in [0.4, 0.5) is 5.69 Å². The fourth-order valence-electron chi connectivity index (χ4n) is 2.30. The van der Waals surface area contributed by atoms with E-state index in [1.54, 1.807) is 0 Å². The molecular weight excluding hydrogens is 212 g/mol. The topological polar surface area (TPSA) is 32.3 Å². The maximum Gasteiger partial charge on any atom is 0.225 e. The minimum Gasteiger partial charge on any atom is -0.326 e. The summed E-state index contributed by atoms with van der Waals surface area (Å²) in [5, 5.41) is 2.95. The predicted octanol–water partition coefficient (Wildman–Crippen LogP) is 2.42. The number of hydrogen-bond donors (Lipinski definition) is 1. The Morgan fingerprint density at radius 3 is 2.71 bits per heavy atom. The Morgan fingerprint density at radius 2 is 2.12 bits per heavy atom. The Kier molecular flexibility index (Phi) is 3.79. The standard InChI is InChI=1S/C14H20N2O/c1-11-5-7-12(8-6-11)15-14(17)10-13-4-3-9-16(13)2/h5-8,13H,3-4,9-10H2,1-2H3,(H,15,17). The third-order valence-corrected chi connectivity index (χ3v) is 3.43. The van der Waals surface area contributed by atoms with Crippen LogP contribution in [0.2, 0.25) is 0 Å². The van der Waals surface area contributed by atoms with E-state index >= 15 is 0 Å². The smallest absolute Gasteiger partial charge is 0.225 e. The molecule has 1 atom stereocenters. The molecule has 0 saturated carbocycles. The summed E-state index contributed by atoms with van der Waals surface area (Å²) in [7, 11) is 2.09. The average Bonchev–Trinajstić information content (AvgIpc) is 2.68. The summed E-state index contributed by atoms with van der Waals surface area (Å²) >= 11 is 0. The van der Waals surface area contributed by atoms with Gasteiger partial charge in [0.1, 0.15) is 0 Å². The van der Waals surface area contributed by atoms with E-state index in [1.165, 1.54) is 12.0 Å². The minimum absolute atomic E-state index is 0.118. The van der Waals surface area contributed by atoms with Crippen LogP contribution in [-0.4, -0.2) is 30.4 Å². The number of rotatable bonds is 3. The van der Waals surface area contributed by atoms with Crippen LogP contribution in [0, 0.1) is 6.92 Å². The number of benzene rings is 1. The highest BCUT2D eigenvalue weighted by molar-refractivity contribution is 5.91. The number of likely N-dealkylation sites (tertiary alicyclic amines) is 1. The van der Waals surface area contributed by atoms with Gasteiger partial charge in [-0.15, -0.1) is 0 Å². The van der Waals surface area contributed by atoms with Crippen LogP contribution in [0.1, 0.15) is 24.8 Å². The summed E-state index contributed by atoms with van der Waals surface area (Å²) in [6.45, 7) is 3.15. The summed E-state index contributed by atoms with van der Waals surface area (Å²) in [6, 6.07) is 8.34. The van der Waals surface area contributed by atoms with Crippen molar-refractivity contribution in [2.45, 2.75) is 32.2 Å². The molecule has 0 aliphatic carbocycles. The van der Waals surface area contributed by atoms with Crippen LogP contribution in [0.25, 0.3) is 0 Å². The van der Waals surface area contributed by atoms with Crippen molar-refractivity contribution in [2.75, 3.05) is 18.9 Å². The van der Waals surface area contributed by atoms with Gasteiger partial charge in [-0.3, -0.25) is 4.79 Å². The van der Waals surface area contributed by atoms with Gasteiger partial charge < -0.3 is 10.2 Å². The average molecular weight is 232 g/mol. The van der Waals surface area contributed by atoms with Crippen molar-refractivity contribution in [2.24, 2.45) is 0 Å². The third kappa shape index (κ3) is 3.30. The van der Waals surface area contributed by atoms with E-state index in [1.807, 2.05) is 31.2 Å². The second-order valence-corrected chi connectivity index (χ2v) is 4.89. The van der Waals surface area contributed by atoms with Crippen molar-refractivity contribution in [3.63, 3.8) is 0 Å². The maximum atomic E-state index is 11.9. The van der Waals surface area contributed by atoms with Crippen molar-refractivity contribution in [3.8, 4) is 0 Å². The van der Waals surface area contributed by atoms with E-state index < -0.39 is 0 Å². The van der Waals surface area contributed by atoms with Crippen LogP contribution in [0.5, 0.6) is 0 Å². The normalized spacial score (nSPS) is 20.5. The van der Waals surface area contributed by atoms with Gasteiger partial charge in [0.2, 0.25) is 5.91 Å². The summed E-state index contributed by atoms with van der Waals surface area (Å²) < 4.78 is 0. The molecule has 1 saturated heterocycles. The van der Waals surface area contributed by atoms with Crippen LogP contribution < -0.4 is 5.32 Å². The molecule has 1 aliphatic heterocycles. The Hall–Kier alpha value is -1.35. The SMILES string of the molecule is Cc1ccc(NC(=O)CC2CCCN2C)cc1. The van der Waals surface area contributed by atoms with Gasteiger partial charge in [-0.2, -0.15) is 0 Å². The molecule has 1 heterocycles. The van der Waals surface area contributed by atoms with Gasteiger partial charge in [-0.1, -0.05) is 17.7 Å². The highest BCUT2D eigenvalue weighted by Crippen LogP contribution is 2.18. The number of amides is 1. The molecule has 1 aromatic carbocycles. The molecule has 1 aromatic rings. The van der Waals surface area contributed by atoms with E-state index in [0.717, 1.165) is 18.7 Å². The molecule has 92 valence electrons. The van der Waals surface area contributed by atoms with Gasteiger partial charge in [-0.05, 0) is 45.5 Å². The van der Waals surface area contributed by atoms with Gasteiger partial charge in [0.05, 0.1) is 0 Å². The van der Waals surface area contributed by atoms with Crippen molar-refractivity contribution in [1.82, 2.24) is 4.90 Å². The first-order chi connectivity index (χ1) is 8.15. The second kappa shape index (κ2) is 5.32. The molecular formula is C14H20N2O. The highest BCUT2D eigenvalue weighted by atomic mass is 16.1. The molecule has 1 amide bonds. The van der Waals surface area contributed by atoms with Crippen LogP contribution >= 0.6 is 0 Å². The zero-order valence-corrected chi connectivity index (χ0v) is 10.6. The van der Waals surface area contributed by atoms with Crippen molar-refractivity contribution < 1.29 is 4.79 Å². The maximum absolute atomic E-state index is 11.9. The molecule has 0 spiro atoms. The predicted molar refractivity (Wildman–Crippen MR) is 70.1 cm³/mol. The Bertz CT molecular complexity index is 386. The Labute approximate surface area is 103 Å². The number of carbonyl (C=O) groups is 1. The summed E-state index contributed by atoms with van der Waals surface area (Å²) in [5.74, 6) is 0.118. The number of nitrogens with one attached hydrogen (secondary N) is 1. The van der Waals surface area contributed by atoms with Crippen LogP contribution in [-0.2, 0) is 4.79 Å². The highest BCUT2D eigenvalue weighted by Gasteiger charge is 2.23. The van der Waals surface area contributed by atoms with Gasteiger partial charge in [0.25, 0.3) is 0 Å². The number of hydrogen-bond acceptors (Lipinski definition) is 2. The Balaban J connectivity index is 1.86. The minimum atomic E-state index is 0.118. The number of aryl methyl sites for hydroxylation is 1. The van der Waals surface area contributed by atoms with E-state index in [4.69, 9.17) is 0 Å². The molecule has 1 unspecified atom stereocenters. The fraction of sp³-hybridized carbons (Fsp3) is 0.500. The number of carbonyl (C=O) groups excluding carboxylic acids is 1. The molecule has 2 rings (SSSR count). The molecule has 1 fully saturated rings. The van der Waals surface area contributed by atoms with Gasteiger partial charge >= 0.3 is 0 Å². The molecule has 17 heavy (non-hydrogen) atoms. The summed E-state index contributed by atoms with van der Waals surface area (Å²) in [6.07, 6.45) is 2.95. The van der Waals surface area contributed by atoms with Crippen molar-refractivity contribution in [1.29, 1.82) is 0 Å². The van der Waals surface area contributed by atoms with E-state index in [0.29, 0.717) is 12.5 Å². The third-order valence-electron chi connectivity index (χ3n) is 3.43. The molecule has 0 aromatic heterocycles. The molecule has 0 bridgehead atoms. The zero-order valence-electron chi connectivity index (χ0n) is 10.6. The molecule has 1 N–H and O–H groups in total. The van der Waals surface area contributed by atoms with Crippen molar-refractivity contribution in [3.05, 3.63) is 29.8 Å². The lowest BCUT2D eigenvalue weighted by Crippen LogP contribution is -2.29. The van der Waals surface area contributed by atoms with E-state index in [9.17, 15) is 4.79 Å². The first-order valence-electron chi connectivity index (χ1n) is 6.22. The second-order valence-electron chi connectivity index (χ2n) is 4.89. The van der Waals surface area contributed by atoms with Gasteiger partial charge in [-0.25, -0.2) is 0 Å². The lowest BCUT2D eigenvalue weighted by molar-refractivity contribution is -0.117. The summed E-state index contributed by atoms with van der Waals surface area (Å²) in [4.78, 5) is 14.1. The first-order valence-corrected chi connectivity index (χ1v) is 6.22. The van der Waals surface area contributed by atoms with Crippen LogP contribution in [0.3, 0.4) is 0 Å². The lowest BCUT2D eigenvalue weighted by atomic mass is 10.1. The molecule has 3 nitrogen and oxygen atoms in total. The largest absolute Gasteiger partial charge is 0.326 e. The molecule has 0 radical (unpaired) electrons. The van der Waals surface area contributed by atoms with Gasteiger partial charge in [0, 0.05) is 18.2 Å². The molecule has 3 heteroatoms. The van der Waals surface area contributed by atoms with E-state index in [2.05, 4.69) is 17.3 Å². The fourth-order valence-corrected chi connectivity index (χ4v) is 2.30. The number of anilines is 1.